The molecule has 24 heavy (non-hydrogen) atoms. The van der Waals surface area contributed by atoms with Crippen LogP contribution in [0, 0.1) is 5.41 Å². The Morgan fingerprint density at radius 2 is 2.00 bits per heavy atom. The van der Waals surface area contributed by atoms with Gasteiger partial charge < -0.3 is 20.1 Å². The molecule has 0 bridgehead atoms. The van der Waals surface area contributed by atoms with E-state index in [-0.39, 0.29) is 11.7 Å². The van der Waals surface area contributed by atoms with Crippen LogP contribution in [0.15, 0.2) is 24.3 Å². The molecule has 1 unspecified atom stereocenters. The lowest BCUT2D eigenvalue weighted by Crippen LogP contribution is -2.50. The van der Waals surface area contributed by atoms with E-state index in [2.05, 4.69) is 15.4 Å². The number of para-hydroxylation sites is 1. The molecule has 1 aliphatic rings. The second-order valence-corrected chi connectivity index (χ2v) is 6.07. The summed E-state index contributed by atoms with van der Waals surface area (Å²) in [7, 11) is 1.58. The van der Waals surface area contributed by atoms with Crippen LogP contribution in [-0.4, -0.2) is 39.3 Å². The van der Waals surface area contributed by atoms with Crippen LogP contribution < -0.4 is 15.4 Å². The van der Waals surface area contributed by atoms with Gasteiger partial charge in [0.1, 0.15) is 5.75 Å². The number of carbonyl (C=O) groups excluding carboxylic acids is 1. The van der Waals surface area contributed by atoms with Crippen molar-refractivity contribution in [1.82, 2.24) is 10.6 Å². The van der Waals surface area contributed by atoms with Gasteiger partial charge in [0, 0.05) is 12.7 Å². The summed E-state index contributed by atoms with van der Waals surface area (Å²) in [6, 6.07) is 6.05. The van der Waals surface area contributed by atoms with Crippen LogP contribution in [0.2, 0.25) is 0 Å². The topological polar surface area (TPSA) is 59.6 Å². The van der Waals surface area contributed by atoms with Gasteiger partial charge in [0.2, 0.25) is 5.91 Å². The molecule has 1 heterocycles. The van der Waals surface area contributed by atoms with Crippen molar-refractivity contribution in [1.29, 1.82) is 0 Å². The Balaban J connectivity index is 2.13. The summed E-state index contributed by atoms with van der Waals surface area (Å²) in [5.74, 6) is -0.0448. The SMILES string of the molecule is COCC1(C(=O)NC(C)c2ccccc2OC(F)F)CCNCC1. The highest BCUT2D eigenvalue weighted by molar-refractivity contribution is 5.83. The summed E-state index contributed by atoms with van der Waals surface area (Å²) in [4.78, 5) is 12.8. The first-order chi connectivity index (χ1) is 11.5. The van der Waals surface area contributed by atoms with Crippen LogP contribution in [0.1, 0.15) is 31.4 Å². The molecule has 134 valence electrons. The number of amides is 1. The van der Waals surface area contributed by atoms with E-state index < -0.39 is 18.1 Å². The van der Waals surface area contributed by atoms with E-state index in [0.29, 0.717) is 25.0 Å². The van der Waals surface area contributed by atoms with Crippen LogP contribution in [-0.2, 0) is 9.53 Å². The molecule has 1 saturated heterocycles. The normalized spacial score (nSPS) is 18.2. The molecule has 0 saturated carbocycles. The van der Waals surface area contributed by atoms with E-state index in [9.17, 15) is 13.6 Å². The largest absolute Gasteiger partial charge is 0.434 e. The van der Waals surface area contributed by atoms with Crippen molar-refractivity contribution in [2.45, 2.75) is 32.4 Å². The second-order valence-electron chi connectivity index (χ2n) is 6.07. The minimum Gasteiger partial charge on any atom is -0.434 e. The lowest BCUT2D eigenvalue weighted by molar-refractivity contribution is -0.136. The predicted octanol–water partition coefficient (Wildman–Crippen LogP) is 2.48. The van der Waals surface area contributed by atoms with Crippen LogP contribution in [0.5, 0.6) is 5.75 Å². The Morgan fingerprint density at radius 1 is 1.33 bits per heavy atom. The zero-order valence-electron chi connectivity index (χ0n) is 14.0. The van der Waals surface area contributed by atoms with Crippen molar-refractivity contribution in [3.05, 3.63) is 29.8 Å². The molecule has 7 heteroatoms. The highest BCUT2D eigenvalue weighted by atomic mass is 19.3. The molecule has 2 N–H and O–H groups in total. The number of halogens is 2. The summed E-state index contributed by atoms with van der Waals surface area (Å²) < 4.78 is 34.9. The smallest absolute Gasteiger partial charge is 0.387 e. The highest BCUT2D eigenvalue weighted by Crippen LogP contribution is 2.32. The zero-order chi connectivity index (χ0) is 17.6. The molecule has 1 amide bonds. The summed E-state index contributed by atoms with van der Waals surface area (Å²) in [5.41, 5.74) is -0.0695. The van der Waals surface area contributed by atoms with Gasteiger partial charge in [0.15, 0.2) is 0 Å². The van der Waals surface area contributed by atoms with Gasteiger partial charge in [0.05, 0.1) is 18.1 Å². The molecular formula is C17H24F2N2O3. The fourth-order valence-electron chi connectivity index (χ4n) is 3.09. The molecule has 0 aromatic heterocycles. The molecule has 1 atom stereocenters. The fourth-order valence-corrected chi connectivity index (χ4v) is 3.09. The van der Waals surface area contributed by atoms with E-state index in [4.69, 9.17) is 4.74 Å². The lowest BCUT2D eigenvalue weighted by Gasteiger charge is -2.36. The van der Waals surface area contributed by atoms with Gasteiger partial charge in [-0.1, -0.05) is 18.2 Å². The quantitative estimate of drug-likeness (QED) is 0.799. The van der Waals surface area contributed by atoms with E-state index in [1.807, 2.05) is 0 Å². The zero-order valence-corrected chi connectivity index (χ0v) is 14.0. The highest BCUT2D eigenvalue weighted by Gasteiger charge is 2.40. The first kappa shape index (κ1) is 18.6. The van der Waals surface area contributed by atoms with Crippen molar-refractivity contribution in [2.75, 3.05) is 26.8 Å². The fraction of sp³-hybridized carbons (Fsp3) is 0.588. The molecule has 1 aromatic rings. The van der Waals surface area contributed by atoms with E-state index in [0.717, 1.165) is 13.1 Å². The maximum atomic E-state index is 12.8. The van der Waals surface area contributed by atoms with Crippen molar-refractivity contribution in [3.8, 4) is 5.75 Å². The molecule has 1 aromatic carbocycles. The third-order valence-electron chi connectivity index (χ3n) is 4.41. The lowest BCUT2D eigenvalue weighted by atomic mass is 9.78. The number of ether oxygens (including phenoxy) is 2. The van der Waals surface area contributed by atoms with Gasteiger partial charge in [-0.25, -0.2) is 0 Å². The minimum absolute atomic E-state index is 0.0754. The molecule has 1 aliphatic heterocycles. The number of nitrogens with one attached hydrogen (secondary N) is 2. The number of benzene rings is 1. The summed E-state index contributed by atoms with van der Waals surface area (Å²) in [5, 5.41) is 6.16. The van der Waals surface area contributed by atoms with Crippen LogP contribution in [0.3, 0.4) is 0 Å². The van der Waals surface area contributed by atoms with E-state index in [1.165, 1.54) is 6.07 Å². The Bertz CT molecular complexity index is 543. The van der Waals surface area contributed by atoms with Gasteiger partial charge in [-0.05, 0) is 38.9 Å². The van der Waals surface area contributed by atoms with Crippen molar-refractivity contribution < 1.29 is 23.0 Å². The standard InChI is InChI=1S/C17H24F2N2O3/c1-12(13-5-3-4-6-14(13)24-16(18)19)21-15(22)17(11-23-2)7-9-20-10-8-17/h3-6,12,16,20H,7-11H2,1-2H3,(H,21,22). The summed E-state index contributed by atoms with van der Waals surface area (Å²) in [6.45, 7) is 0.681. The number of carbonyl (C=O) groups is 1. The number of alkyl halides is 2. The molecule has 0 aliphatic carbocycles. The Labute approximate surface area is 140 Å². The second kappa shape index (κ2) is 8.39. The van der Waals surface area contributed by atoms with E-state index >= 15 is 0 Å². The molecular weight excluding hydrogens is 318 g/mol. The maximum Gasteiger partial charge on any atom is 0.387 e. The summed E-state index contributed by atoms with van der Waals surface area (Å²) in [6.07, 6.45) is 1.35. The predicted molar refractivity (Wildman–Crippen MR) is 86.0 cm³/mol. The molecule has 0 radical (unpaired) electrons. The van der Waals surface area contributed by atoms with Crippen molar-refractivity contribution >= 4 is 5.91 Å². The number of hydrogen-bond donors (Lipinski definition) is 2. The van der Waals surface area contributed by atoms with Gasteiger partial charge >= 0.3 is 6.61 Å². The first-order valence-electron chi connectivity index (χ1n) is 8.03. The first-order valence-corrected chi connectivity index (χ1v) is 8.03. The minimum atomic E-state index is -2.90. The maximum absolute atomic E-state index is 12.8. The number of piperidine rings is 1. The van der Waals surface area contributed by atoms with Gasteiger partial charge in [0.25, 0.3) is 0 Å². The van der Waals surface area contributed by atoms with Crippen molar-refractivity contribution in [2.24, 2.45) is 5.41 Å². The summed E-state index contributed by atoms with van der Waals surface area (Å²) >= 11 is 0. The van der Waals surface area contributed by atoms with E-state index in [1.54, 1.807) is 32.2 Å². The van der Waals surface area contributed by atoms with Gasteiger partial charge in [-0.15, -0.1) is 0 Å². The average Bonchev–Trinajstić information content (AvgIpc) is 2.55. The van der Waals surface area contributed by atoms with Crippen LogP contribution >= 0.6 is 0 Å². The number of rotatable bonds is 7. The average molecular weight is 342 g/mol. The Hall–Kier alpha value is -1.73. The Kier molecular flexibility index (Phi) is 6.51. The molecule has 0 spiro atoms. The van der Waals surface area contributed by atoms with Gasteiger partial charge in [-0.2, -0.15) is 8.78 Å². The third kappa shape index (κ3) is 4.42. The molecule has 1 fully saturated rings. The van der Waals surface area contributed by atoms with Crippen LogP contribution in [0.4, 0.5) is 8.78 Å². The number of hydrogen-bond acceptors (Lipinski definition) is 4. The monoisotopic (exact) mass is 342 g/mol. The van der Waals surface area contributed by atoms with Gasteiger partial charge in [-0.3, -0.25) is 4.79 Å². The number of methoxy groups -OCH3 is 1. The molecule has 2 rings (SSSR count). The Morgan fingerprint density at radius 3 is 2.62 bits per heavy atom. The molecule has 5 nitrogen and oxygen atoms in total. The third-order valence-corrected chi connectivity index (χ3v) is 4.41. The van der Waals surface area contributed by atoms with Crippen molar-refractivity contribution in [3.63, 3.8) is 0 Å². The van der Waals surface area contributed by atoms with Crippen LogP contribution in [0.25, 0.3) is 0 Å².